The van der Waals surface area contributed by atoms with Crippen LogP contribution in [0.25, 0.3) is 22.3 Å². The van der Waals surface area contributed by atoms with Gasteiger partial charge in [-0.2, -0.15) is 0 Å². The summed E-state index contributed by atoms with van der Waals surface area (Å²) in [6.07, 6.45) is 0. The zero-order valence-electron chi connectivity index (χ0n) is 19.5. The summed E-state index contributed by atoms with van der Waals surface area (Å²) in [5.74, 6) is -1.14. The largest absolute Gasteiger partial charge is 0.497 e. The van der Waals surface area contributed by atoms with Crippen LogP contribution < -0.4 is 9.47 Å². The van der Waals surface area contributed by atoms with E-state index in [0.29, 0.717) is 41.4 Å². The molecular weight excluding hydrogens is 453 g/mol. The van der Waals surface area contributed by atoms with Crippen molar-refractivity contribution < 1.29 is 27.4 Å². The monoisotopic (exact) mass is 478 g/mol. The van der Waals surface area contributed by atoms with Crippen molar-refractivity contribution in [1.82, 2.24) is 0 Å². The van der Waals surface area contributed by atoms with Gasteiger partial charge >= 0.3 is 0 Å². The van der Waals surface area contributed by atoms with Crippen molar-refractivity contribution in [2.75, 3.05) is 13.7 Å². The molecule has 0 fully saturated rings. The van der Waals surface area contributed by atoms with Crippen LogP contribution in [0.1, 0.15) is 18.1 Å². The van der Waals surface area contributed by atoms with E-state index in [4.69, 9.17) is 14.2 Å². The van der Waals surface area contributed by atoms with E-state index in [1.54, 1.807) is 54.6 Å². The Morgan fingerprint density at radius 2 is 1.29 bits per heavy atom. The van der Waals surface area contributed by atoms with Gasteiger partial charge in [0.15, 0.2) is 11.6 Å². The molecule has 0 atom stereocenters. The van der Waals surface area contributed by atoms with E-state index in [1.165, 1.54) is 25.3 Å². The normalized spacial score (nSPS) is 10.9. The zero-order valence-corrected chi connectivity index (χ0v) is 19.5. The minimum atomic E-state index is -0.954. The van der Waals surface area contributed by atoms with Gasteiger partial charge in [-0.25, -0.2) is 13.2 Å². The van der Waals surface area contributed by atoms with E-state index < -0.39 is 11.6 Å². The van der Waals surface area contributed by atoms with Gasteiger partial charge in [-0.15, -0.1) is 0 Å². The van der Waals surface area contributed by atoms with Gasteiger partial charge in [0.1, 0.15) is 23.9 Å². The number of ether oxygens (including phenoxy) is 3. The first-order valence-corrected chi connectivity index (χ1v) is 11.2. The molecule has 0 aliphatic heterocycles. The Morgan fingerprint density at radius 1 is 0.657 bits per heavy atom. The molecule has 0 bridgehead atoms. The van der Waals surface area contributed by atoms with Crippen molar-refractivity contribution in [2.45, 2.75) is 20.1 Å². The van der Waals surface area contributed by atoms with Crippen molar-refractivity contribution in [3.8, 4) is 33.8 Å². The van der Waals surface area contributed by atoms with Crippen molar-refractivity contribution in [2.24, 2.45) is 0 Å². The van der Waals surface area contributed by atoms with E-state index in [2.05, 4.69) is 0 Å². The molecule has 4 aromatic rings. The first kappa shape index (κ1) is 24.4. The van der Waals surface area contributed by atoms with Crippen LogP contribution >= 0.6 is 0 Å². The number of hydrogen-bond acceptors (Lipinski definition) is 3. The molecule has 0 aromatic heterocycles. The first-order valence-electron chi connectivity index (χ1n) is 11.2. The number of methoxy groups -OCH3 is 1. The van der Waals surface area contributed by atoms with Gasteiger partial charge < -0.3 is 14.2 Å². The minimum absolute atomic E-state index is 0.0970. The topological polar surface area (TPSA) is 27.7 Å². The summed E-state index contributed by atoms with van der Waals surface area (Å²) in [6, 6.07) is 21.5. The quantitative estimate of drug-likeness (QED) is 0.248. The average Bonchev–Trinajstić information content (AvgIpc) is 2.89. The number of halogens is 3. The standard InChI is InChI=1S/C29H25F3O3/c1-3-34-17-19-4-14-25(27(30)16-19)20-7-12-24(13-8-20)35-18-22-9-15-26(29(32)28(22)31)21-5-10-23(33-2)11-6-21/h4-16H,3,17-18H2,1-2H3. The summed E-state index contributed by atoms with van der Waals surface area (Å²) < 4.78 is 60.0. The first-order chi connectivity index (χ1) is 17.0. The molecule has 0 aliphatic rings. The average molecular weight is 479 g/mol. The fourth-order valence-corrected chi connectivity index (χ4v) is 3.69. The second kappa shape index (κ2) is 11.1. The van der Waals surface area contributed by atoms with E-state index in [0.717, 1.165) is 5.56 Å². The third-order valence-corrected chi connectivity index (χ3v) is 5.63. The van der Waals surface area contributed by atoms with Crippen LogP contribution in [0.5, 0.6) is 11.5 Å². The highest BCUT2D eigenvalue weighted by molar-refractivity contribution is 5.66. The maximum Gasteiger partial charge on any atom is 0.167 e. The highest BCUT2D eigenvalue weighted by atomic mass is 19.2. The fourth-order valence-electron chi connectivity index (χ4n) is 3.69. The summed E-state index contributed by atoms with van der Waals surface area (Å²) in [5, 5.41) is 0. The summed E-state index contributed by atoms with van der Waals surface area (Å²) in [5.41, 5.74) is 2.70. The van der Waals surface area contributed by atoms with E-state index in [9.17, 15) is 13.2 Å². The second-order valence-electron chi connectivity index (χ2n) is 7.89. The Morgan fingerprint density at radius 3 is 1.91 bits per heavy atom. The number of benzene rings is 4. The Balaban J connectivity index is 1.44. The maximum absolute atomic E-state index is 14.7. The van der Waals surface area contributed by atoms with Gasteiger partial charge in [0.05, 0.1) is 13.7 Å². The molecule has 0 N–H and O–H groups in total. The molecule has 3 nitrogen and oxygen atoms in total. The third kappa shape index (κ3) is 5.66. The summed E-state index contributed by atoms with van der Waals surface area (Å²) >= 11 is 0. The predicted molar refractivity (Wildman–Crippen MR) is 130 cm³/mol. The van der Waals surface area contributed by atoms with E-state index in [-0.39, 0.29) is 23.6 Å². The fraction of sp³-hybridized carbons (Fsp3) is 0.172. The predicted octanol–water partition coefficient (Wildman–Crippen LogP) is 7.56. The Bertz CT molecular complexity index is 1290. The minimum Gasteiger partial charge on any atom is -0.497 e. The molecule has 0 radical (unpaired) electrons. The molecule has 0 saturated carbocycles. The second-order valence-corrected chi connectivity index (χ2v) is 7.89. The lowest BCUT2D eigenvalue weighted by molar-refractivity contribution is 0.134. The van der Waals surface area contributed by atoms with Crippen LogP contribution in [0.4, 0.5) is 13.2 Å². The van der Waals surface area contributed by atoms with Crippen LogP contribution in [-0.4, -0.2) is 13.7 Å². The Labute approximate surface area is 202 Å². The molecule has 180 valence electrons. The molecule has 6 heteroatoms. The molecule has 0 saturated heterocycles. The van der Waals surface area contributed by atoms with Gasteiger partial charge in [-0.1, -0.05) is 48.5 Å². The van der Waals surface area contributed by atoms with Crippen molar-refractivity contribution in [3.63, 3.8) is 0 Å². The summed E-state index contributed by atoms with van der Waals surface area (Å²) in [4.78, 5) is 0. The summed E-state index contributed by atoms with van der Waals surface area (Å²) in [7, 11) is 1.54. The lowest BCUT2D eigenvalue weighted by Crippen LogP contribution is -2.02. The van der Waals surface area contributed by atoms with E-state index >= 15 is 0 Å². The van der Waals surface area contributed by atoms with Gasteiger partial charge in [0.2, 0.25) is 0 Å². The SMILES string of the molecule is CCOCc1ccc(-c2ccc(OCc3ccc(-c4ccc(OC)cc4)c(F)c3F)cc2)c(F)c1. The van der Waals surface area contributed by atoms with E-state index in [1.807, 2.05) is 13.0 Å². The van der Waals surface area contributed by atoms with Gasteiger partial charge in [-0.05, 0) is 53.9 Å². The zero-order chi connectivity index (χ0) is 24.8. The van der Waals surface area contributed by atoms with Gasteiger partial charge in [-0.3, -0.25) is 0 Å². The van der Waals surface area contributed by atoms with Crippen LogP contribution in [0.3, 0.4) is 0 Å². The highest BCUT2D eigenvalue weighted by Gasteiger charge is 2.15. The van der Waals surface area contributed by atoms with Crippen LogP contribution in [0.2, 0.25) is 0 Å². The lowest BCUT2D eigenvalue weighted by atomic mass is 10.0. The molecule has 0 heterocycles. The number of rotatable bonds is 9. The highest BCUT2D eigenvalue weighted by Crippen LogP contribution is 2.29. The Kier molecular flexibility index (Phi) is 7.73. The van der Waals surface area contributed by atoms with Crippen molar-refractivity contribution in [1.29, 1.82) is 0 Å². The van der Waals surface area contributed by atoms with Gasteiger partial charge in [0.25, 0.3) is 0 Å². The molecule has 4 rings (SSSR count). The molecule has 35 heavy (non-hydrogen) atoms. The van der Waals surface area contributed by atoms with Crippen molar-refractivity contribution >= 4 is 0 Å². The number of hydrogen-bond donors (Lipinski definition) is 0. The lowest BCUT2D eigenvalue weighted by Gasteiger charge is -2.12. The molecular formula is C29H25F3O3. The molecule has 0 aliphatic carbocycles. The summed E-state index contributed by atoms with van der Waals surface area (Å²) in [6.45, 7) is 2.66. The molecule has 0 unspecified atom stereocenters. The van der Waals surface area contributed by atoms with Crippen LogP contribution in [0, 0.1) is 17.5 Å². The van der Waals surface area contributed by atoms with Crippen LogP contribution in [-0.2, 0) is 18.0 Å². The third-order valence-electron chi connectivity index (χ3n) is 5.63. The smallest absolute Gasteiger partial charge is 0.167 e. The molecule has 0 spiro atoms. The van der Waals surface area contributed by atoms with Gasteiger partial charge in [0, 0.05) is 23.3 Å². The molecule has 0 amide bonds. The maximum atomic E-state index is 14.7. The Hall–Kier alpha value is -3.77. The van der Waals surface area contributed by atoms with Crippen LogP contribution in [0.15, 0.2) is 78.9 Å². The van der Waals surface area contributed by atoms with Crippen molar-refractivity contribution in [3.05, 3.63) is 107 Å². The molecule has 4 aromatic carbocycles.